The van der Waals surface area contributed by atoms with Gasteiger partial charge < -0.3 is 0 Å². The van der Waals surface area contributed by atoms with E-state index in [-0.39, 0.29) is 0 Å². The van der Waals surface area contributed by atoms with Gasteiger partial charge in [0.2, 0.25) is 0 Å². The van der Waals surface area contributed by atoms with Crippen molar-refractivity contribution in [3.05, 3.63) is 125 Å². The number of halogens is 1. The van der Waals surface area contributed by atoms with Gasteiger partial charge in [0.25, 0.3) is 0 Å². The fourth-order valence-electron chi connectivity index (χ4n) is 3.88. The van der Waals surface area contributed by atoms with E-state index in [9.17, 15) is 0 Å². The minimum absolute atomic E-state index is 1.04. The van der Waals surface area contributed by atoms with Gasteiger partial charge in [-0.25, -0.2) is 0 Å². The molecule has 0 radical (unpaired) electrons. The maximum Gasteiger partial charge on any atom is 0.152 e. The predicted octanol–water partition coefficient (Wildman–Crippen LogP) is 4.70. The molecular weight excluding hydrogens is 408 g/mol. The average Bonchev–Trinajstić information content (AvgIpc) is 2.75. The number of rotatable bonds is 5. The van der Waals surface area contributed by atoms with Gasteiger partial charge in [0.1, 0.15) is 0 Å². The monoisotopic (exact) mass is 428 g/mol. The molecule has 4 aromatic rings. The zero-order chi connectivity index (χ0) is 18.5. The van der Waals surface area contributed by atoms with E-state index in [1.54, 1.807) is 0 Å². The lowest BCUT2D eigenvalue weighted by molar-refractivity contribution is 1.34. The van der Waals surface area contributed by atoms with Crippen LogP contribution in [0.1, 0.15) is 5.56 Å². The predicted molar refractivity (Wildman–Crippen MR) is 122 cm³/mol. The van der Waals surface area contributed by atoms with Gasteiger partial charge in [-0.05, 0) is 39.3 Å². The summed E-state index contributed by atoms with van der Waals surface area (Å²) in [5, 5.41) is 4.35. The van der Waals surface area contributed by atoms with E-state index in [0.29, 0.717) is 0 Å². The van der Waals surface area contributed by atoms with Crippen LogP contribution in [0.4, 0.5) is 0 Å². The number of hydrogen-bond acceptors (Lipinski definition) is 0. The molecule has 0 bridgehead atoms. The summed E-state index contributed by atoms with van der Waals surface area (Å²) in [5.74, 6) is 0. The van der Waals surface area contributed by atoms with Crippen LogP contribution in [0.15, 0.2) is 120 Å². The maximum absolute atomic E-state index is 3.57. The topological polar surface area (TPSA) is 0 Å². The maximum atomic E-state index is 3.57. The van der Waals surface area contributed by atoms with Gasteiger partial charge in [-0.15, -0.1) is 0 Å². The van der Waals surface area contributed by atoms with Gasteiger partial charge in [0.05, 0.1) is 0 Å². The zero-order valence-electron chi connectivity index (χ0n) is 15.1. The Bertz CT molecular complexity index is 884. The van der Waals surface area contributed by atoms with E-state index in [1.165, 1.54) is 21.1 Å². The van der Waals surface area contributed by atoms with Crippen LogP contribution >= 0.6 is 15.9 Å². The van der Waals surface area contributed by atoms with Crippen LogP contribution in [-0.4, -0.2) is 8.07 Å². The van der Waals surface area contributed by atoms with E-state index in [4.69, 9.17) is 0 Å². The van der Waals surface area contributed by atoms with E-state index < -0.39 is 8.07 Å². The summed E-state index contributed by atoms with van der Waals surface area (Å²) in [6.07, 6.45) is 0. The third kappa shape index (κ3) is 3.69. The van der Waals surface area contributed by atoms with Crippen LogP contribution in [0.2, 0.25) is 0 Å². The Labute approximate surface area is 170 Å². The molecule has 0 aliphatic rings. The lowest BCUT2D eigenvalue weighted by atomic mass is 10.2. The fraction of sp³-hybridized carbons (Fsp3) is 0.0400. The lowest BCUT2D eigenvalue weighted by Crippen LogP contribution is -2.68. The second-order valence-corrected chi connectivity index (χ2v) is 11.6. The first kappa shape index (κ1) is 18.0. The molecule has 0 saturated heterocycles. The van der Waals surface area contributed by atoms with Crippen LogP contribution in [0, 0.1) is 0 Å². The van der Waals surface area contributed by atoms with Gasteiger partial charge in [0.15, 0.2) is 8.07 Å². The molecule has 0 heterocycles. The Balaban J connectivity index is 1.98. The summed E-state index contributed by atoms with van der Waals surface area (Å²) in [5.41, 5.74) is 1.38. The molecule has 132 valence electrons. The Morgan fingerprint density at radius 3 is 1.22 bits per heavy atom. The Hall–Kier alpha value is -2.42. The molecule has 0 saturated carbocycles. The second kappa shape index (κ2) is 8.08. The third-order valence-corrected chi connectivity index (χ3v) is 10.6. The summed E-state index contributed by atoms with van der Waals surface area (Å²) in [4.78, 5) is 0. The van der Waals surface area contributed by atoms with Crippen molar-refractivity contribution in [1.29, 1.82) is 0 Å². The van der Waals surface area contributed by atoms with E-state index in [1.807, 2.05) is 0 Å². The summed E-state index contributed by atoms with van der Waals surface area (Å²) >= 11 is 3.57. The van der Waals surface area contributed by atoms with E-state index in [0.717, 1.165) is 10.5 Å². The molecule has 0 aromatic heterocycles. The van der Waals surface area contributed by atoms with Crippen molar-refractivity contribution in [1.82, 2.24) is 0 Å². The molecule has 2 heteroatoms. The van der Waals surface area contributed by atoms with Crippen LogP contribution in [0.25, 0.3) is 0 Å². The molecular formula is C25H21BrSi. The minimum Gasteiger partial charge on any atom is -0.0624 e. The molecule has 0 unspecified atom stereocenters. The molecule has 0 aliphatic carbocycles. The first-order chi connectivity index (χ1) is 13.3. The van der Waals surface area contributed by atoms with E-state index >= 15 is 0 Å². The molecule has 0 amide bonds. The molecule has 4 rings (SSSR count). The quantitative estimate of drug-likeness (QED) is 0.319. The molecule has 0 nitrogen and oxygen atoms in total. The highest BCUT2D eigenvalue weighted by molar-refractivity contribution is 9.10. The van der Waals surface area contributed by atoms with Crippen LogP contribution in [-0.2, 0) is 6.04 Å². The Kier molecular flexibility index (Phi) is 5.37. The highest BCUT2D eigenvalue weighted by atomic mass is 79.9. The van der Waals surface area contributed by atoms with Crippen molar-refractivity contribution >= 4 is 39.6 Å². The number of hydrogen-bond donors (Lipinski definition) is 0. The SMILES string of the molecule is Brc1ccc(C[Si](c2ccccc2)(c2ccccc2)c2ccccc2)cc1. The largest absolute Gasteiger partial charge is 0.152 e. The summed E-state index contributed by atoms with van der Waals surface area (Å²) in [6.45, 7) is 0. The first-order valence-corrected chi connectivity index (χ1v) is 12.2. The zero-order valence-corrected chi connectivity index (χ0v) is 17.6. The van der Waals surface area contributed by atoms with Gasteiger partial charge in [-0.1, -0.05) is 119 Å². The lowest BCUT2D eigenvalue weighted by Gasteiger charge is -2.34. The normalized spacial score (nSPS) is 11.3. The van der Waals surface area contributed by atoms with Gasteiger partial charge in [0, 0.05) is 4.47 Å². The van der Waals surface area contributed by atoms with Crippen molar-refractivity contribution in [2.75, 3.05) is 0 Å². The molecule has 0 N–H and O–H groups in total. The standard InChI is InChI=1S/C25H21BrSi/c26-22-18-16-21(17-19-22)20-27(23-10-4-1-5-11-23,24-12-6-2-7-13-24)25-14-8-3-9-15-25/h1-19H,20H2. The van der Waals surface area contributed by atoms with Crippen LogP contribution in [0.5, 0.6) is 0 Å². The summed E-state index contributed by atoms with van der Waals surface area (Å²) in [6, 6.07) is 43.1. The minimum atomic E-state index is -2.20. The molecule has 4 aromatic carbocycles. The molecule has 0 atom stereocenters. The molecule has 0 aliphatic heterocycles. The smallest absolute Gasteiger partial charge is 0.0624 e. The molecule has 0 spiro atoms. The van der Waals surface area contributed by atoms with Gasteiger partial charge in [-0.3, -0.25) is 0 Å². The van der Waals surface area contributed by atoms with Gasteiger partial charge >= 0.3 is 0 Å². The van der Waals surface area contributed by atoms with Crippen molar-refractivity contribution in [3.63, 3.8) is 0 Å². The highest BCUT2D eigenvalue weighted by Gasteiger charge is 2.39. The molecule has 27 heavy (non-hydrogen) atoms. The van der Waals surface area contributed by atoms with Crippen molar-refractivity contribution in [2.24, 2.45) is 0 Å². The van der Waals surface area contributed by atoms with Gasteiger partial charge in [-0.2, -0.15) is 0 Å². The number of benzene rings is 4. The summed E-state index contributed by atoms with van der Waals surface area (Å²) < 4.78 is 1.12. The second-order valence-electron chi connectivity index (χ2n) is 6.81. The highest BCUT2D eigenvalue weighted by Crippen LogP contribution is 2.17. The van der Waals surface area contributed by atoms with E-state index in [2.05, 4.69) is 131 Å². The van der Waals surface area contributed by atoms with Crippen LogP contribution < -0.4 is 15.6 Å². The van der Waals surface area contributed by atoms with Crippen molar-refractivity contribution in [3.8, 4) is 0 Å². The third-order valence-electron chi connectivity index (χ3n) is 5.18. The fourth-order valence-corrected chi connectivity index (χ4v) is 8.89. The first-order valence-electron chi connectivity index (χ1n) is 9.20. The summed E-state index contributed by atoms with van der Waals surface area (Å²) in [7, 11) is -2.20. The van der Waals surface area contributed by atoms with Crippen LogP contribution in [0.3, 0.4) is 0 Å². The Morgan fingerprint density at radius 1 is 0.481 bits per heavy atom. The Morgan fingerprint density at radius 2 is 0.852 bits per heavy atom. The van der Waals surface area contributed by atoms with Crippen molar-refractivity contribution < 1.29 is 0 Å². The average molecular weight is 429 g/mol. The van der Waals surface area contributed by atoms with Crippen molar-refractivity contribution in [2.45, 2.75) is 6.04 Å². The molecule has 0 fully saturated rings.